The second-order valence-corrected chi connectivity index (χ2v) is 3.27. The highest BCUT2D eigenvalue weighted by atomic mass is 31.1. The molecule has 6 nitrogen and oxygen atoms in total. The lowest BCUT2D eigenvalue weighted by atomic mass is 10.3. The van der Waals surface area contributed by atoms with Gasteiger partial charge in [0.2, 0.25) is 0 Å². The molecule has 0 amide bonds. The van der Waals surface area contributed by atoms with E-state index in [-0.39, 0.29) is 0 Å². The summed E-state index contributed by atoms with van der Waals surface area (Å²) in [4.78, 5) is 0. The summed E-state index contributed by atoms with van der Waals surface area (Å²) < 4.78 is 28.8. The van der Waals surface area contributed by atoms with Gasteiger partial charge < -0.3 is 20.5 Å². The molecule has 0 saturated carbocycles. The number of nitrogens with two attached hydrogens (primary N) is 2. The smallest absolute Gasteiger partial charge is 0.179 e. The summed E-state index contributed by atoms with van der Waals surface area (Å²) in [6.45, 7) is 2.22. The van der Waals surface area contributed by atoms with Gasteiger partial charge in [-0.3, -0.25) is 9.13 Å². The molecule has 0 bridgehead atoms. The minimum Gasteiger partial charge on any atom is -0.332 e. The van der Waals surface area contributed by atoms with Crippen molar-refractivity contribution in [1.82, 2.24) is 0 Å². The Bertz CT molecular complexity index is 114. The maximum Gasteiger partial charge on any atom is 0.179 e. The summed E-state index contributed by atoms with van der Waals surface area (Å²) in [5.41, 5.74) is 9.81. The van der Waals surface area contributed by atoms with E-state index in [1.165, 1.54) is 0 Å². The van der Waals surface area contributed by atoms with Crippen LogP contribution in [0.15, 0.2) is 0 Å². The van der Waals surface area contributed by atoms with Gasteiger partial charge >= 0.3 is 0 Å². The van der Waals surface area contributed by atoms with Crippen molar-refractivity contribution in [2.75, 3.05) is 26.3 Å². The van der Waals surface area contributed by atoms with E-state index in [2.05, 4.69) is 9.05 Å². The highest BCUT2D eigenvalue weighted by Crippen LogP contribution is 2.01. The van der Waals surface area contributed by atoms with Crippen molar-refractivity contribution >= 4 is 17.4 Å². The van der Waals surface area contributed by atoms with E-state index in [1.807, 2.05) is 0 Å². The maximum atomic E-state index is 9.80. The van der Waals surface area contributed by atoms with Gasteiger partial charge in [-0.1, -0.05) is 0 Å². The minimum atomic E-state index is -1.08. The van der Waals surface area contributed by atoms with Gasteiger partial charge in [-0.2, -0.15) is 0 Å². The lowest BCUT2D eigenvalue weighted by Crippen LogP contribution is -2.11. The van der Waals surface area contributed by atoms with Crippen LogP contribution in [0.2, 0.25) is 0 Å². The molecule has 0 rings (SSSR count). The van der Waals surface area contributed by atoms with E-state index in [0.717, 1.165) is 12.8 Å². The molecular weight excluding hydrogens is 226 g/mol. The quantitative estimate of drug-likeness (QED) is 0.463. The molecule has 0 fully saturated rings. The Morgan fingerprint density at radius 2 is 1.21 bits per heavy atom. The van der Waals surface area contributed by atoms with Crippen molar-refractivity contribution in [2.45, 2.75) is 12.8 Å². The van der Waals surface area contributed by atoms with Crippen LogP contribution in [-0.4, -0.2) is 26.3 Å². The Hall–Kier alpha value is 0.300. The Kier molecular flexibility index (Phi) is 22.7. The van der Waals surface area contributed by atoms with Crippen molar-refractivity contribution < 1.29 is 18.2 Å². The molecule has 0 aliphatic rings. The van der Waals surface area contributed by atoms with Crippen LogP contribution < -0.4 is 11.5 Å². The van der Waals surface area contributed by atoms with Crippen LogP contribution in [0.25, 0.3) is 0 Å². The Labute approximate surface area is 86.9 Å². The molecule has 8 heteroatoms. The second-order valence-electron chi connectivity index (χ2n) is 2.22. The van der Waals surface area contributed by atoms with E-state index in [1.54, 1.807) is 0 Å². The first kappa shape index (κ1) is 16.7. The average molecular weight is 246 g/mol. The molecule has 0 heterocycles. The highest BCUT2D eigenvalue weighted by molar-refractivity contribution is 7.17. The summed E-state index contributed by atoms with van der Waals surface area (Å²) in [6.07, 6.45) is 1.63. The van der Waals surface area contributed by atoms with Gasteiger partial charge in [-0.25, -0.2) is 0 Å². The topological polar surface area (TPSA) is 105 Å². The van der Waals surface area contributed by atoms with Crippen molar-refractivity contribution in [2.24, 2.45) is 11.5 Å². The van der Waals surface area contributed by atoms with Crippen LogP contribution in [0, 0.1) is 0 Å². The molecule has 0 aliphatic heterocycles. The first-order valence-electron chi connectivity index (χ1n) is 4.34. The van der Waals surface area contributed by atoms with Crippen LogP contribution in [0.3, 0.4) is 0 Å². The molecule has 2 atom stereocenters. The lowest BCUT2D eigenvalue weighted by Gasteiger charge is -1.95. The van der Waals surface area contributed by atoms with Gasteiger partial charge in [0.15, 0.2) is 17.4 Å². The van der Waals surface area contributed by atoms with Gasteiger partial charge in [0.05, 0.1) is 13.2 Å². The van der Waals surface area contributed by atoms with Crippen LogP contribution in [0.1, 0.15) is 12.8 Å². The van der Waals surface area contributed by atoms with Crippen LogP contribution >= 0.6 is 17.4 Å². The first-order valence-corrected chi connectivity index (χ1v) is 6.22. The van der Waals surface area contributed by atoms with Crippen LogP contribution in [-0.2, 0) is 18.2 Å². The molecule has 0 saturated heterocycles. The minimum absolute atomic E-state index is 0.510. The molecule has 0 aromatic rings. The number of hydrogen-bond donors (Lipinski definition) is 2. The number of rotatable bonds is 8. The molecule has 2 unspecified atom stereocenters. The SMILES string of the molecule is NCCN.O=[PH2]OCCCCO[PH2]=O. The van der Waals surface area contributed by atoms with Crippen LogP contribution in [0.5, 0.6) is 0 Å². The zero-order chi connectivity index (χ0) is 11.1. The van der Waals surface area contributed by atoms with Gasteiger partial charge in [0.25, 0.3) is 0 Å². The molecule has 14 heavy (non-hydrogen) atoms. The lowest BCUT2D eigenvalue weighted by molar-refractivity contribution is 0.290. The molecule has 4 N–H and O–H groups in total. The van der Waals surface area contributed by atoms with E-state index in [9.17, 15) is 9.13 Å². The van der Waals surface area contributed by atoms with Gasteiger partial charge in [0, 0.05) is 13.1 Å². The average Bonchev–Trinajstić information content (AvgIpc) is 2.24. The van der Waals surface area contributed by atoms with Crippen molar-refractivity contribution in [3.63, 3.8) is 0 Å². The highest BCUT2D eigenvalue weighted by Gasteiger charge is 1.86. The fourth-order valence-electron chi connectivity index (χ4n) is 0.467. The van der Waals surface area contributed by atoms with E-state index in [0.29, 0.717) is 26.3 Å². The normalized spacial score (nSPS) is 11.0. The first-order chi connectivity index (χ1) is 6.83. The number of unbranched alkanes of at least 4 members (excludes halogenated alkanes) is 1. The van der Waals surface area contributed by atoms with Gasteiger partial charge in [-0.15, -0.1) is 0 Å². The molecule has 88 valence electrons. The summed E-state index contributed by atoms with van der Waals surface area (Å²) in [5, 5.41) is 0. The zero-order valence-corrected chi connectivity index (χ0v) is 10.5. The van der Waals surface area contributed by atoms with Crippen LogP contribution in [0.4, 0.5) is 0 Å². The summed E-state index contributed by atoms with van der Waals surface area (Å²) >= 11 is 0. The third kappa shape index (κ3) is 22.8. The van der Waals surface area contributed by atoms with E-state index < -0.39 is 17.4 Å². The summed E-state index contributed by atoms with van der Waals surface area (Å²) in [6, 6.07) is 0. The predicted octanol–water partition coefficient (Wildman–Crippen LogP) is 0.0462. The largest absolute Gasteiger partial charge is 0.332 e. The second kappa shape index (κ2) is 19.0. The Balaban J connectivity index is 0. The predicted molar refractivity (Wildman–Crippen MR) is 60.0 cm³/mol. The number of hydrogen-bond acceptors (Lipinski definition) is 6. The molecule has 0 aromatic heterocycles. The molecule has 0 radical (unpaired) electrons. The van der Waals surface area contributed by atoms with Crippen molar-refractivity contribution in [1.29, 1.82) is 0 Å². The summed E-state index contributed by atoms with van der Waals surface area (Å²) in [7, 11) is -2.15. The monoisotopic (exact) mass is 246 g/mol. The fourth-order valence-corrected chi connectivity index (χ4v) is 0.993. The van der Waals surface area contributed by atoms with Gasteiger partial charge in [0.1, 0.15) is 0 Å². The Morgan fingerprint density at radius 3 is 1.43 bits per heavy atom. The maximum absolute atomic E-state index is 9.80. The van der Waals surface area contributed by atoms with E-state index >= 15 is 0 Å². The Morgan fingerprint density at radius 1 is 0.857 bits per heavy atom. The van der Waals surface area contributed by atoms with Gasteiger partial charge in [-0.05, 0) is 12.8 Å². The third-order valence-corrected chi connectivity index (χ3v) is 1.82. The zero-order valence-electron chi connectivity index (χ0n) is 8.19. The molecule has 0 aliphatic carbocycles. The van der Waals surface area contributed by atoms with E-state index in [4.69, 9.17) is 11.5 Å². The molecule has 0 aromatic carbocycles. The summed E-state index contributed by atoms with van der Waals surface area (Å²) in [5.74, 6) is 0. The molecule has 0 spiro atoms. The van der Waals surface area contributed by atoms with Crippen molar-refractivity contribution in [3.05, 3.63) is 0 Å². The van der Waals surface area contributed by atoms with Crippen molar-refractivity contribution in [3.8, 4) is 0 Å². The third-order valence-electron chi connectivity index (χ3n) is 1.08. The fraction of sp³-hybridized carbons (Fsp3) is 1.00. The standard InChI is InChI=1S/C4H12O4P2.C2H8N2/c5-9-7-3-1-2-4-8-10-6;3-1-2-4/h1-4,9-10H2;1-4H2. The molecular formula is C6H20N2O4P2.